The van der Waals surface area contributed by atoms with Crippen molar-refractivity contribution in [3.8, 4) is 11.5 Å². The van der Waals surface area contributed by atoms with Crippen molar-refractivity contribution in [1.82, 2.24) is 0 Å². The molecule has 94 valence electrons. The Kier molecular flexibility index (Phi) is 2.04. The highest BCUT2D eigenvalue weighted by atomic mass is 16.7. The predicted molar refractivity (Wildman–Crippen MR) is 57.6 cm³/mol. The van der Waals surface area contributed by atoms with E-state index in [1.165, 1.54) is 0 Å². The highest BCUT2D eigenvalue weighted by Gasteiger charge is 2.65. The minimum Gasteiger partial charge on any atom is -0.481 e. The maximum absolute atomic E-state index is 11.4. The van der Waals surface area contributed by atoms with Crippen molar-refractivity contribution in [2.45, 2.75) is 11.8 Å². The highest BCUT2D eigenvalue weighted by molar-refractivity contribution is 5.95. The minimum absolute atomic E-state index is 0.0984. The molecule has 0 aromatic heterocycles. The first kappa shape index (κ1) is 10.9. The van der Waals surface area contributed by atoms with Gasteiger partial charge in [-0.2, -0.15) is 0 Å². The summed E-state index contributed by atoms with van der Waals surface area (Å²) in [6.07, 6.45) is 0.108. The molecule has 2 N–H and O–H groups in total. The van der Waals surface area contributed by atoms with Crippen molar-refractivity contribution in [3.63, 3.8) is 0 Å². The molecule has 0 spiro atoms. The zero-order valence-electron chi connectivity index (χ0n) is 9.25. The van der Waals surface area contributed by atoms with Crippen LogP contribution in [0.5, 0.6) is 11.5 Å². The lowest BCUT2D eigenvalue weighted by Crippen LogP contribution is -2.25. The van der Waals surface area contributed by atoms with Gasteiger partial charge in [-0.05, 0) is 24.1 Å². The number of benzene rings is 1. The molecule has 6 nitrogen and oxygen atoms in total. The largest absolute Gasteiger partial charge is 0.481 e. The van der Waals surface area contributed by atoms with E-state index in [1.54, 1.807) is 18.2 Å². The number of hydrogen-bond donors (Lipinski definition) is 2. The lowest BCUT2D eigenvalue weighted by Gasteiger charge is -2.12. The van der Waals surface area contributed by atoms with Gasteiger partial charge in [-0.3, -0.25) is 9.59 Å². The fraction of sp³-hybridized carbons (Fsp3) is 0.333. The van der Waals surface area contributed by atoms with Crippen molar-refractivity contribution >= 4 is 11.9 Å². The molecule has 1 heterocycles. The van der Waals surface area contributed by atoms with Gasteiger partial charge < -0.3 is 19.7 Å². The summed E-state index contributed by atoms with van der Waals surface area (Å²) in [6.45, 7) is 0.0984. The molecule has 1 aliphatic carbocycles. The fourth-order valence-electron chi connectivity index (χ4n) is 2.41. The van der Waals surface area contributed by atoms with Gasteiger partial charge in [0.05, 0.1) is 5.92 Å². The monoisotopic (exact) mass is 250 g/mol. The van der Waals surface area contributed by atoms with E-state index in [0.29, 0.717) is 17.1 Å². The summed E-state index contributed by atoms with van der Waals surface area (Å²) in [6, 6.07) is 4.75. The smallest absolute Gasteiger partial charge is 0.315 e. The van der Waals surface area contributed by atoms with Crippen LogP contribution in [0, 0.1) is 5.92 Å². The normalized spacial score (nSPS) is 27.9. The molecule has 2 unspecified atom stereocenters. The van der Waals surface area contributed by atoms with E-state index >= 15 is 0 Å². The summed E-state index contributed by atoms with van der Waals surface area (Å²) in [5, 5.41) is 18.3. The van der Waals surface area contributed by atoms with Crippen LogP contribution in [-0.4, -0.2) is 28.9 Å². The summed E-state index contributed by atoms with van der Waals surface area (Å²) < 4.78 is 10.3. The molecule has 1 aromatic rings. The first-order valence-corrected chi connectivity index (χ1v) is 5.42. The average Bonchev–Trinajstić information content (AvgIpc) is 2.94. The fourth-order valence-corrected chi connectivity index (χ4v) is 2.41. The molecule has 6 heteroatoms. The van der Waals surface area contributed by atoms with Crippen LogP contribution in [-0.2, 0) is 15.0 Å². The number of aliphatic carboxylic acids is 2. The third kappa shape index (κ3) is 1.28. The van der Waals surface area contributed by atoms with Gasteiger partial charge in [0, 0.05) is 0 Å². The molecule has 1 fully saturated rings. The van der Waals surface area contributed by atoms with E-state index in [-0.39, 0.29) is 13.2 Å². The Labute approximate surface area is 102 Å². The Balaban J connectivity index is 2.03. The molecular weight excluding hydrogens is 240 g/mol. The van der Waals surface area contributed by atoms with Crippen LogP contribution in [0.15, 0.2) is 18.2 Å². The summed E-state index contributed by atoms with van der Waals surface area (Å²) in [4.78, 5) is 22.3. The SMILES string of the molecule is O=C(O)C1CC1(C(=O)O)c1ccc2c(c1)OCO2. The molecule has 1 aromatic carbocycles. The van der Waals surface area contributed by atoms with Crippen molar-refractivity contribution in [3.05, 3.63) is 23.8 Å². The maximum atomic E-state index is 11.4. The summed E-state index contributed by atoms with van der Waals surface area (Å²) >= 11 is 0. The molecule has 2 aliphatic rings. The lowest BCUT2D eigenvalue weighted by molar-refractivity contribution is -0.145. The van der Waals surface area contributed by atoms with E-state index in [1.807, 2.05) is 0 Å². The zero-order chi connectivity index (χ0) is 12.9. The molecule has 0 bridgehead atoms. The van der Waals surface area contributed by atoms with Crippen LogP contribution in [0.1, 0.15) is 12.0 Å². The van der Waals surface area contributed by atoms with Crippen LogP contribution in [0.3, 0.4) is 0 Å². The first-order valence-electron chi connectivity index (χ1n) is 5.42. The minimum atomic E-state index is -1.33. The van der Waals surface area contributed by atoms with Crippen molar-refractivity contribution in [2.24, 2.45) is 5.92 Å². The number of carbonyl (C=O) groups is 2. The van der Waals surface area contributed by atoms with Crippen molar-refractivity contribution in [2.75, 3.05) is 6.79 Å². The predicted octanol–water partition coefficient (Wildman–Crippen LogP) is 0.842. The van der Waals surface area contributed by atoms with E-state index in [0.717, 1.165) is 0 Å². The third-order valence-corrected chi connectivity index (χ3v) is 3.53. The Morgan fingerprint density at radius 1 is 1.22 bits per heavy atom. The molecule has 18 heavy (non-hydrogen) atoms. The lowest BCUT2D eigenvalue weighted by atomic mass is 9.93. The van der Waals surface area contributed by atoms with Crippen LogP contribution in [0.2, 0.25) is 0 Å². The number of fused-ring (bicyclic) bond motifs is 1. The number of carboxylic acid groups (broad SMARTS) is 2. The highest BCUT2D eigenvalue weighted by Crippen LogP contribution is 2.56. The number of ether oxygens (including phenoxy) is 2. The Morgan fingerprint density at radius 2 is 1.94 bits per heavy atom. The first-order chi connectivity index (χ1) is 8.55. The molecule has 1 saturated carbocycles. The maximum Gasteiger partial charge on any atom is 0.315 e. The Hall–Kier alpha value is -2.24. The van der Waals surface area contributed by atoms with E-state index in [4.69, 9.17) is 14.6 Å². The van der Waals surface area contributed by atoms with Gasteiger partial charge >= 0.3 is 11.9 Å². The Bertz CT molecular complexity index is 551. The summed E-state index contributed by atoms with van der Waals surface area (Å²) in [5.74, 6) is -2.07. The van der Waals surface area contributed by atoms with Gasteiger partial charge in [0.2, 0.25) is 6.79 Å². The van der Waals surface area contributed by atoms with Crippen molar-refractivity contribution in [1.29, 1.82) is 0 Å². The molecule has 0 radical (unpaired) electrons. The second kappa shape index (κ2) is 3.38. The molecule has 3 rings (SSSR count). The second-order valence-electron chi connectivity index (χ2n) is 4.44. The van der Waals surface area contributed by atoms with Crippen LogP contribution in [0.25, 0.3) is 0 Å². The van der Waals surface area contributed by atoms with Gasteiger partial charge in [0.25, 0.3) is 0 Å². The van der Waals surface area contributed by atoms with Gasteiger partial charge in [-0.1, -0.05) is 6.07 Å². The molecule has 2 atom stereocenters. The zero-order valence-corrected chi connectivity index (χ0v) is 9.25. The van der Waals surface area contributed by atoms with E-state index in [9.17, 15) is 14.7 Å². The van der Waals surface area contributed by atoms with E-state index < -0.39 is 23.3 Å². The summed E-state index contributed by atoms with van der Waals surface area (Å²) in [5.41, 5.74) is -0.876. The molecule has 0 amide bonds. The van der Waals surface area contributed by atoms with Crippen molar-refractivity contribution < 1.29 is 29.3 Å². The number of rotatable bonds is 3. The topological polar surface area (TPSA) is 93.1 Å². The van der Waals surface area contributed by atoms with Gasteiger partial charge in [0.1, 0.15) is 5.41 Å². The number of carboxylic acids is 2. The van der Waals surface area contributed by atoms with Crippen LogP contribution >= 0.6 is 0 Å². The Morgan fingerprint density at radius 3 is 2.56 bits per heavy atom. The third-order valence-electron chi connectivity index (χ3n) is 3.53. The molecule has 0 saturated heterocycles. The van der Waals surface area contributed by atoms with Crippen LogP contribution < -0.4 is 9.47 Å². The molecular formula is C12H10O6. The van der Waals surface area contributed by atoms with Gasteiger partial charge in [-0.15, -0.1) is 0 Å². The average molecular weight is 250 g/mol. The second-order valence-corrected chi connectivity index (χ2v) is 4.44. The van der Waals surface area contributed by atoms with E-state index in [2.05, 4.69) is 0 Å². The summed E-state index contributed by atoms with van der Waals surface area (Å²) in [7, 11) is 0. The number of hydrogen-bond acceptors (Lipinski definition) is 4. The standard InChI is InChI=1S/C12H10O6/c13-10(14)7-4-12(7,11(15)16)6-1-2-8-9(3-6)18-5-17-8/h1-3,7H,4-5H2,(H,13,14)(H,15,16). The quantitative estimate of drug-likeness (QED) is 0.825. The van der Waals surface area contributed by atoms with Gasteiger partial charge in [0.15, 0.2) is 11.5 Å². The van der Waals surface area contributed by atoms with Gasteiger partial charge in [-0.25, -0.2) is 0 Å². The molecule has 1 aliphatic heterocycles. The van der Waals surface area contributed by atoms with Crippen LogP contribution in [0.4, 0.5) is 0 Å².